The zero-order chi connectivity index (χ0) is 20.6. The summed E-state index contributed by atoms with van der Waals surface area (Å²) in [6.45, 7) is 10.3. The Morgan fingerprint density at radius 3 is 2.55 bits per heavy atom. The molecular weight excluding hydrogens is 362 g/mol. The van der Waals surface area contributed by atoms with E-state index in [2.05, 4.69) is 46.3 Å². The van der Waals surface area contributed by atoms with E-state index in [4.69, 9.17) is 4.74 Å². The van der Waals surface area contributed by atoms with Crippen LogP contribution in [0.4, 0.5) is 5.69 Å². The summed E-state index contributed by atoms with van der Waals surface area (Å²) < 4.78 is 5.30. The van der Waals surface area contributed by atoms with E-state index in [9.17, 15) is 4.79 Å². The summed E-state index contributed by atoms with van der Waals surface area (Å²) >= 11 is 0. The van der Waals surface area contributed by atoms with Crippen molar-refractivity contribution in [2.75, 3.05) is 51.3 Å². The highest BCUT2D eigenvalue weighted by molar-refractivity contribution is 5.94. The first kappa shape index (κ1) is 21.2. The van der Waals surface area contributed by atoms with Gasteiger partial charge < -0.3 is 15.0 Å². The lowest BCUT2D eigenvalue weighted by Gasteiger charge is -2.36. The quantitative estimate of drug-likeness (QED) is 0.693. The van der Waals surface area contributed by atoms with Gasteiger partial charge in [0.1, 0.15) is 5.75 Å². The third kappa shape index (κ3) is 5.97. The molecule has 0 spiro atoms. The second-order valence-corrected chi connectivity index (χ2v) is 7.82. The van der Waals surface area contributed by atoms with Crippen LogP contribution in [0.2, 0.25) is 0 Å². The zero-order valence-corrected chi connectivity index (χ0v) is 17.9. The zero-order valence-electron chi connectivity index (χ0n) is 17.9. The molecule has 5 heteroatoms. The number of piperazine rings is 1. The van der Waals surface area contributed by atoms with Crippen molar-refractivity contribution in [1.29, 1.82) is 0 Å². The van der Waals surface area contributed by atoms with Crippen molar-refractivity contribution in [2.45, 2.75) is 26.7 Å². The molecule has 2 aromatic carbocycles. The summed E-state index contributed by atoms with van der Waals surface area (Å²) in [5, 5.41) is 3.02. The van der Waals surface area contributed by atoms with Crippen LogP contribution in [0.25, 0.3) is 0 Å². The molecule has 0 saturated carbocycles. The number of benzene rings is 2. The van der Waals surface area contributed by atoms with Gasteiger partial charge in [0.25, 0.3) is 5.91 Å². The first-order chi connectivity index (χ1) is 14.1. The lowest BCUT2D eigenvalue weighted by Crippen LogP contribution is -2.46. The fourth-order valence-corrected chi connectivity index (χ4v) is 3.78. The summed E-state index contributed by atoms with van der Waals surface area (Å²) in [5.74, 6) is 0.720. The number of anilines is 1. The Morgan fingerprint density at radius 2 is 1.83 bits per heavy atom. The molecule has 0 aliphatic carbocycles. The molecule has 0 unspecified atom stereocenters. The first-order valence-corrected chi connectivity index (χ1v) is 10.5. The van der Waals surface area contributed by atoms with Crippen LogP contribution >= 0.6 is 0 Å². The molecule has 29 heavy (non-hydrogen) atoms. The van der Waals surface area contributed by atoms with Gasteiger partial charge in [0.15, 0.2) is 0 Å². The molecule has 0 atom stereocenters. The Hall–Kier alpha value is -2.53. The van der Waals surface area contributed by atoms with Crippen LogP contribution in [0, 0.1) is 13.8 Å². The molecule has 1 fully saturated rings. The minimum atomic E-state index is -0.0323. The van der Waals surface area contributed by atoms with Crippen molar-refractivity contribution in [1.82, 2.24) is 10.2 Å². The van der Waals surface area contributed by atoms with Gasteiger partial charge in [-0.05, 0) is 68.6 Å². The molecule has 1 amide bonds. The predicted octanol–water partition coefficient (Wildman–Crippen LogP) is 3.64. The van der Waals surface area contributed by atoms with Crippen LogP contribution in [0.15, 0.2) is 42.5 Å². The Labute approximate surface area is 174 Å². The van der Waals surface area contributed by atoms with Gasteiger partial charge >= 0.3 is 0 Å². The van der Waals surface area contributed by atoms with E-state index in [0.29, 0.717) is 12.1 Å². The number of nitrogens with zero attached hydrogens (tertiary/aromatic N) is 2. The van der Waals surface area contributed by atoms with Gasteiger partial charge in [0, 0.05) is 44.0 Å². The second kappa shape index (κ2) is 10.3. The second-order valence-electron chi connectivity index (χ2n) is 7.82. The maximum absolute atomic E-state index is 12.3. The summed E-state index contributed by atoms with van der Waals surface area (Å²) in [7, 11) is 1.63. The average molecular weight is 396 g/mol. The van der Waals surface area contributed by atoms with Gasteiger partial charge in [-0.25, -0.2) is 0 Å². The van der Waals surface area contributed by atoms with Gasteiger partial charge in [-0.1, -0.05) is 18.2 Å². The normalized spacial score (nSPS) is 14.7. The monoisotopic (exact) mass is 395 g/mol. The van der Waals surface area contributed by atoms with Gasteiger partial charge in [0.05, 0.1) is 7.11 Å². The minimum Gasteiger partial charge on any atom is -0.496 e. The van der Waals surface area contributed by atoms with Gasteiger partial charge in [-0.2, -0.15) is 0 Å². The van der Waals surface area contributed by atoms with Crippen molar-refractivity contribution in [3.63, 3.8) is 0 Å². The molecule has 156 valence electrons. The summed E-state index contributed by atoms with van der Waals surface area (Å²) in [6, 6.07) is 14.3. The Balaban J connectivity index is 1.33. The van der Waals surface area contributed by atoms with Crippen molar-refractivity contribution < 1.29 is 9.53 Å². The molecule has 1 N–H and O–H groups in total. The first-order valence-electron chi connectivity index (χ1n) is 10.5. The van der Waals surface area contributed by atoms with Gasteiger partial charge in [-0.15, -0.1) is 0 Å². The highest BCUT2D eigenvalue weighted by Gasteiger charge is 2.16. The van der Waals surface area contributed by atoms with E-state index in [1.807, 2.05) is 19.1 Å². The molecule has 1 heterocycles. The van der Waals surface area contributed by atoms with Crippen LogP contribution < -0.4 is 15.0 Å². The third-order valence-electron chi connectivity index (χ3n) is 5.60. The number of rotatable bonds is 8. The Kier molecular flexibility index (Phi) is 7.53. The number of carbonyl (C=O) groups excluding carboxylic acids is 1. The molecule has 3 rings (SSSR count). The number of unbranched alkanes of at least 4 members (excludes halogenated alkanes) is 1. The summed E-state index contributed by atoms with van der Waals surface area (Å²) in [6.07, 6.45) is 2.09. The molecule has 0 bridgehead atoms. The highest BCUT2D eigenvalue weighted by atomic mass is 16.5. The van der Waals surface area contributed by atoms with Crippen LogP contribution in [-0.2, 0) is 0 Å². The number of nitrogens with one attached hydrogen (secondary N) is 1. The van der Waals surface area contributed by atoms with Crippen LogP contribution in [0.5, 0.6) is 5.75 Å². The molecule has 5 nitrogen and oxygen atoms in total. The number of amides is 1. The highest BCUT2D eigenvalue weighted by Crippen LogP contribution is 2.19. The smallest absolute Gasteiger partial charge is 0.251 e. The molecule has 0 aromatic heterocycles. The van der Waals surface area contributed by atoms with Crippen LogP contribution in [0.3, 0.4) is 0 Å². The molecule has 1 aliphatic rings. The van der Waals surface area contributed by atoms with Crippen LogP contribution in [-0.4, -0.2) is 57.2 Å². The van der Waals surface area contributed by atoms with E-state index in [-0.39, 0.29) is 5.91 Å². The van der Waals surface area contributed by atoms with E-state index < -0.39 is 0 Å². The van der Waals surface area contributed by atoms with Crippen molar-refractivity contribution in [3.8, 4) is 5.75 Å². The maximum Gasteiger partial charge on any atom is 0.251 e. The topological polar surface area (TPSA) is 44.8 Å². The van der Waals surface area contributed by atoms with E-state index in [0.717, 1.165) is 56.9 Å². The van der Waals surface area contributed by atoms with E-state index >= 15 is 0 Å². The third-order valence-corrected chi connectivity index (χ3v) is 5.60. The van der Waals surface area contributed by atoms with Crippen molar-refractivity contribution in [3.05, 3.63) is 59.2 Å². The number of hydrogen-bond donors (Lipinski definition) is 1. The minimum absolute atomic E-state index is 0.0323. The molecule has 1 saturated heterocycles. The van der Waals surface area contributed by atoms with Crippen molar-refractivity contribution >= 4 is 11.6 Å². The Morgan fingerprint density at radius 1 is 1.03 bits per heavy atom. The number of carbonyl (C=O) groups is 1. The number of methoxy groups -OCH3 is 1. The molecule has 0 radical (unpaired) electrons. The average Bonchev–Trinajstić information content (AvgIpc) is 2.74. The molecule has 2 aromatic rings. The molecule has 1 aliphatic heterocycles. The largest absolute Gasteiger partial charge is 0.496 e. The maximum atomic E-state index is 12.3. The van der Waals surface area contributed by atoms with Crippen LogP contribution in [0.1, 0.15) is 34.3 Å². The fraction of sp³-hybridized carbons (Fsp3) is 0.458. The number of hydrogen-bond acceptors (Lipinski definition) is 4. The molecular formula is C24H33N3O2. The predicted molar refractivity (Wildman–Crippen MR) is 119 cm³/mol. The van der Waals surface area contributed by atoms with Crippen molar-refractivity contribution in [2.24, 2.45) is 0 Å². The van der Waals surface area contributed by atoms with Gasteiger partial charge in [-0.3, -0.25) is 9.69 Å². The standard InChI is InChI=1S/C24H33N3O2/c1-19-7-6-8-22(17-19)27-15-13-26(14-16-27)12-5-4-11-25-24(28)21-10-9-20(2)23(18-21)29-3/h6-10,17-18H,4-5,11-16H2,1-3H3,(H,25,28). The summed E-state index contributed by atoms with van der Waals surface area (Å²) in [4.78, 5) is 17.3. The van der Waals surface area contributed by atoms with E-state index in [1.165, 1.54) is 11.3 Å². The fourth-order valence-electron chi connectivity index (χ4n) is 3.78. The summed E-state index contributed by atoms with van der Waals surface area (Å²) in [5.41, 5.74) is 4.34. The number of aryl methyl sites for hydroxylation is 2. The van der Waals surface area contributed by atoms with Gasteiger partial charge in [0.2, 0.25) is 0 Å². The number of ether oxygens (including phenoxy) is 1. The SMILES string of the molecule is COc1cc(C(=O)NCCCCN2CCN(c3cccc(C)c3)CC2)ccc1C. The lowest BCUT2D eigenvalue weighted by molar-refractivity contribution is 0.0952. The van der Waals surface area contributed by atoms with E-state index in [1.54, 1.807) is 13.2 Å². The Bertz CT molecular complexity index is 814. The lowest BCUT2D eigenvalue weighted by atomic mass is 10.1.